The molecule has 4 rings (SSSR count). The molecule has 1 saturated carbocycles. The number of H-pyrrole nitrogens is 1. The number of nitrogens with zero attached hydrogens (tertiary/aromatic N) is 1. The highest BCUT2D eigenvalue weighted by Crippen LogP contribution is 2.25. The van der Waals surface area contributed by atoms with Crippen LogP contribution < -0.4 is 15.4 Å². The van der Waals surface area contributed by atoms with Crippen LogP contribution in [-0.2, 0) is 0 Å². The summed E-state index contributed by atoms with van der Waals surface area (Å²) in [7, 11) is 0. The molecule has 0 spiro atoms. The second kappa shape index (κ2) is 9.41. The Morgan fingerprint density at radius 3 is 2.68 bits per heavy atom. The van der Waals surface area contributed by atoms with Gasteiger partial charge in [0.05, 0.1) is 6.10 Å². The Morgan fingerprint density at radius 2 is 1.96 bits per heavy atom. The van der Waals surface area contributed by atoms with Crippen LogP contribution in [0.2, 0.25) is 0 Å². The molecule has 1 aromatic carbocycles. The number of hydrogen-bond donors (Lipinski definition) is 4. The third-order valence-electron chi connectivity index (χ3n) is 5.40. The summed E-state index contributed by atoms with van der Waals surface area (Å²) in [6, 6.07) is 9.07. The van der Waals surface area contributed by atoms with Crippen molar-refractivity contribution >= 4 is 24.0 Å². The van der Waals surface area contributed by atoms with Crippen molar-refractivity contribution in [1.29, 1.82) is 0 Å². The molecule has 3 atom stereocenters. The molecule has 0 bridgehead atoms. The second-order valence-electron chi connectivity index (χ2n) is 7.38. The van der Waals surface area contributed by atoms with Crippen LogP contribution in [0.3, 0.4) is 0 Å². The van der Waals surface area contributed by atoms with Crippen LogP contribution in [0.1, 0.15) is 54.2 Å². The molecule has 1 aromatic heterocycles. The molecule has 8 heteroatoms. The monoisotopic (exact) mass is 406 g/mol. The number of aromatic amines is 1. The van der Waals surface area contributed by atoms with Crippen molar-refractivity contribution in [3.05, 3.63) is 41.7 Å². The van der Waals surface area contributed by atoms with Crippen molar-refractivity contribution < 1.29 is 14.6 Å². The Hall–Kier alpha value is -2.09. The summed E-state index contributed by atoms with van der Waals surface area (Å²) in [4.78, 5) is 12.4. The predicted octanol–water partition coefficient (Wildman–Crippen LogP) is 2.84. The van der Waals surface area contributed by atoms with Gasteiger partial charge in [0.1, 0.15) is 11.9 Å². The van der Waals surface area contributed by atoms with Crippen LogP contribution in [-0.4, -0.2) is 46.5 Å². The molecule has 152 valence electrons. The van der Waals surface area contributed by atoms with Gasteiger partial charge in [-0.3, -0.25) is 9.89 Å². The van der Waals surface area contributed by atoms with E-state index in [1.165, 1.54) is 0 Å². The fraction of sp³-hybridized carbons (Fsp3) is 0.500. The average molecular weight is 407 g/mol. The van der Waals surface area contributed by atoms with E-state index in [-0.39, 0.29) is 24.4 Å². The molecular weight excluding hydrogens is 380 g/mol. The highest BCUT2D eigenvalue weighted by molar-refractivity contribution is 6.02. The van der Waals surface area contributed by atoms with Gasteiger partial charge in [0.15, 0.2) is 5.69 Å². The summed E-state index contributed by atoms with van der Waals surface area (Å²) < 4.78 is 5.89. The number of ether oxygens (including phenoxy) is 1. The van der Waals surface area contributed by atoms with Gasteiger partial charge >= 0.3 is 0 Å². The Morgan fingerprint density at radius 1 is 1.18 bits per heavy atom. The lowest BCUT2D eigenvalue weighted by molar-refractivity contribution is 0.00688. The number of anilines is 1. The van der Waals surface area contributed by atoms with E-state index in [1.54, 1.807) is 12.1 Å². The lowest BCUT2D eigenvalue weighted by Gasteiger charge is -2.28. The first-order valence-electron chi connectivity index (χ1n) is 9.71. The molecule has 4 N–H and O–H groups in total. The van der Waals surface area contributed by atoms with Gasteiger partial charge < -0.3 is 20.5 Å². The lowest BCUT2D eigenvalue weighted by atomic mass is 9.95. The minimum Gasteiger partial charge on any atom is -0.488 e. The summed E-state index contributed by atoms with van der Waals surface area (Å²) in [6.45, 7) is 1.91. The number of carbonyl (C=O) groups is 1. The Labute approximate surface area is 170 Å². The Bertz CT molecular complexity index is 774. The molecule has 2 fully saturated rings. The number of halogens is 1. The molecule has 2 aromatic rings. The van der Waals surface area contributed by atoms with Crippen molar-refractivity contribution in [2.45, 2.75) is 50.2 Å². The maximum atomic E-state index is 12.4. The van der Waals surface area contributed by atoms with Crippen LogP contribution >= 0.6 is 12.4 Å². The van der Waals surface area contributed by atoms with E-state index in [4.69, 9.17) is 4.74 Å². The highest BCUT2D eigenvalue weighted by Gasteiger charge is 2.24. The van der Waals surface area contributed by atoms with Crippen LogP contribution in [0.25, 0.3) is 0 Å². The first-order valence-corrected chi connectivity index (χ1v) is 9.71. The highest BCUT2D eigenvalue weighted by atomic mass is 35.5. The minimum atomic E-state index is -0.401. The summed E-state index contributed by atoms with van der Waals surface area (Å²) in [5.74, 6) is 0.861. The van der Waals surface area contributed by atoms with Crippen molar-refractivity contribution in [3.8, 4) is 5.75 Å². The lowest BCUT2D eigenvalue weighted by Crippen LogP contribution is -2.34. The number of aromatic nitrogens is 2. The quantitative estimate of drug-likeness (QED) is 0.612. The normalized spacial score (nSPS) is 24.4. The van der Waals surface area contributed by atoms with Gasteiger partial charge in [-0.15, -0.1) is 12.4 Å². The van der Waals surface area contributed by atoms with Gasteiger partial charge in [-0.05, 0) is 62.6 Å². The molecule has 2 aliphatic rings. The Kier molecular flexibility index (Phi) is 6.93. The summed E-state index contributed by atoms with van der Waals surface area (Å²) in [5, 5.41) is 23.3. The van der Waals surface area contributed by atoms with E-state index >= 15 is 0 Å². The van der Waals surface area contributed by atoms with E-state index in [1.807, 2.05) is 18.2 Å². The zero-order valence-electron chi connectivity index (χ0n) is 15.7. The molecule has 1 saturated heterocycles. The number of hydrogen-bond acceptors (Lipinski definition) is 5. The van der Waals surface area contributed by atoms with Gasteiger partial charge in [0, 0.05) is 23.8 Å². The van der Waals surface area contributed by atoms with Crippen LogP contribution in [0, 0.1) is 0 Å². The molecule has 28 heavy (non-hydrogen) atoms. The number of carbonyl (C=O) groups excluding carboxylic acids is 1. The van der Waals surface area contributed by atoms with E-state index in [0.29, 0.717) is 23.0 Å². The van der Waals surface area contributed by atoms with Crippen molar-refractivity contribution in [2.24, 2.45) is 0 Å². The van der Waals surface area contributed by atoms with Crippen molar-refractivity contribution in [2.75, 3.05) is 18.4 Å². The molecule has 7 nitrogen and oxygen atoms in total. The zero-order chi connectivity index (χ0) is 18.6. The molecule has 1 aliphatic carbocycles. The molecule has 3 unspecified atom stereocenters. The fourth-order valence-electron chi connectivity index (χ4n) is 3.78. The fourth-order valence-corrected chi connectivity index (χ4v) is 3.78. The third kappa shape index (κ3) is 4.84. The maximum Gasteiger partial charge on any atom is 0.276 e. The summed E-state index contributed by atoms with van der Waals surface area (Å²) in [5.41, 5.74) is 2.08. The van der Waals surface area contributed by atoms with Gasteiger partial charge in [-0.25, -0.2) is 0 Å². The summed E-state index contributed by atoms with van der Waals surface area (Å²) >= 11 is 0. The van der Waals surface area contributed by atoms with Gasteiger partial charge in [-0.1, -0.05) is 6.42 Å². The molecule has 2 heterocycles. The topological polar surface area (TPSA) is 99.3 Å². The van der Waals surface area contributed by atoms with Gasteiger partial charge in [-0.2, -0.15) is 5.10 Å². The summed E-state index contributed by atoms with van der Waals surface area (Å²) in [6.07, 6.45) is 4.31. The van der Waals surface area contributed by atoms with Gasteiger partial charge in [0.25, 0.3) is 5.91 Å². The number of aliphatic hydroxyl groups excluding tert-OH is 1. The average Bonchev–Trinajstić information content (AvgIpc) is 3.36. The number of amides is 1. The SMILES string of the molecule is Cl.O=C(Nc1ccc(OC2CCCCC2O)cc1)c1cc(C2CCNC2)[nH]n1. The predicted molar refractivity (Wildman–Crippen MR) is 109 cm³/mol. The Balaban J connectivity index is 0.00000225. The minimum absolute atomic E-state index is 0. The molecule has 0 radical (unpaired) electrons. The number of nitrogens with one attached hydrogen (secondary N) is 3. The first-order chi connectivity index (χ1) is 13.2. The number of benzene rings is 1. The van der Waals surface area contributed by atoms with Crippen LogP contribution in [0.4, 0.5) is 5.69 Å². The maximum absolute atomic E-state index is 12.4. The zero-order valence-corrected chi connectivity index (χ0v) is 16.5. The van der Waals surface area contributed by atoms with E-state index in [9.17, 15) is 9.90 Å². The van der Waals surface area contributed by atoms with E-state index < -0.39 is 6.10 Å². The van der Waals surface area contributed by atoms with Gasteiger partial charge in [0.2, 0.25) is 0 Å². The number of rotatable bonds is 5. The molecular formula is C20H27ClN4O3. The smallest absolute Gasteiger partial charge is 0.276 e. The first kappa shape index (κ1) is 20.6. The molecule has 1 amide bonds. The standard InChI is InChI=1S/C20H26N4O3.ClH/c25-18-3-1-2-4-19(18)27-15-7-5-14(6-8-15)22-20(26)17-11-16(23-24-17)13-9-10-21-12-13;/h5-8,11,13,18-19,21,25H,1-4,9-10,12H2,(H,22,26)(H,23,24);1H. The van der Waals surface area contributed by atoms with E-state index in [2.05, 4.69) is 20.8 Å². The van der Waals surface area contributed by atoms with Crippen molar-refractivity contribution in [3.63, 3.8) is 0 Å². The number of aliphatic hydroxyl groups is 1. The van der Waals surface area contributed by atoms with Crippen LogP contribution in [0.5, 0.6) is 5.75 Å². The van der Waals surface area contributed by atoms with Crippen molar-refractivity contribution in [1.82, 2.24) is 15.5 Å². The largest absolute Gasteiger partial charge is 0.488 e. The van der Waals surface area contributed by atoms with Crippen LogP contribution in [0.15, 0.2) is 30.3 Å². The third-order valence-corrected chi connectivity index (χ3v) is 5.40. The van der Waals surface area contributed by atoms with E-state index in [0.717, 1.165) is 50.9 Å². The second-order valence-corrected chi connectivity index (χ2v) is 7.38. The molecule has 1 aliphatic heterocycles.